The van der Waals surface area contributed by atoms with E-state index in [2.05, 4.69) is 13.8 Å². The molecule has 0 rings (SSSR count). The Balaban J connectivity index is 0. The molecule has 1 atom stereocenters. The van der Waals surface area contributed by atoms with Crippen molar-refractivity contribution in [2.75, 3.05) is 6.61 Å². The third kappa shape index (κ3) is 18.7. The summed E-state index contributed by atoms with van der Waals surface area (Å²) >= 11 is 0. The number of aliphatic hydroxyl groups excluding tert-OH is 1. The van der Waals surface area contributed by atoms with Gasteiger partial charge in [-0.05, 0) is 25.2 Å². The van der Waals surface area contributed by atoms with Gasteiger partial charge in [-0.15, -0.1) is 0 Å². The fourth-order valence-corrected chi connectivity index (χ4v) is 5.24. The molecule has 206 valence electrons. The minimum atomic E-state index is -0.972. The van der Waals surface area contributed by atoms with Gasteiger partial charge in [-0.3, -0.25) is 0 Å². The van der Waals surface area contributed by atoms with E-state index in [4.69, 9.17) is 0 Å². The van der Waals surface area contributed by atoms with E-state index in [-0.39, 0.29) is 18.7 Å². The van der Waals surface area contributed by atoms with Crippen molar-refractivity contribution in [3.8, 4) is 0 Å². The van der Waals surface area contributed by atoms with E-state index in [1.807, 2.05) is 6.92 Å². The van der Waals surface area contributed by atoms with E-state index >= 15 is 0 Å². The fourth-order valence-electron chi connectivity index (χ4n) is 5.24. The zero-order chi connectivity index (χ0) is 24.6. The average Bonchev–Trinajstić information content (AvgIpc) is 2.80. The molecule has 0 saturated heterocycles. The Kier molecular flexibility index (Phi) is 26.6. The van der Waals surface area contributed by atoms with Crippen LogP contribution in [-0.4, -0.2) is 17.7 Å². The minimum Gasteiger partial charge on any atom is -0.550 e. The number of quaternary nitrogens is 1. The third-order valence-electron chi connectivity index (χ3n) is 7.81. The Morgan fingerprint density at radius 3 is 1.21 bits per heavy atom. The number of aliphatic carboxylic acids is 1. The quantitative estimate of drug-likeness (QED) is 0.120. The first-order chi connectivity index (χ1) is 16.0. The van der Waals surface area contributed by atoms with Crippen LogP contribution in [0.4, 0.5) is 0 Å². The number of unbranched alkanes of at least 4 members (excludes halogenated alkanes) is 18. The second kappa shape index (κ2) is 25.5. The molecule has 0 aliphatic rings. The van der Waals surface area contributed by atoms with Crippen molar-refractivity contribution in [2.45, 2.75) is 168 Å². The van der Waals surface area contributed by atoms with Crippen molar-refractivity contribution in [2.24, 2.45) is 11.3 Å². The van der Waals surface area contributed by atoms with Gasteiger partial charge in [0.25, 0.3) is 0 Å². The Morgan fingerprint density at radius 2 is 0.941 bits per heavy atom. The molecule has 0 radical (unpaired) electrons. The molecule has 34 heavy (non-hydrogen) atoms. The predicted octanol–water partition coefficient (Wildman–Crippen LogP) is 8.74. The maximum absolute atomic E-state index is 12.0. The molecule has 0 aromatic rings. The van der Waals surface area contributed by atoms with Crippen LogP contribution in [0.1, 0.15) is 168 Å². The summed E-state index contributed by atoms with van der Waals surface area (Å²) in [5.74, 6) is -0.849. The lowest BCUT2D eigenvalue weighted by molar-refractivity contribution is -0.322. The van der Waals surface area contributed by atoms with E-state index in [1.54, 1.807) is 0 Å². The summed E-state index contributed by atoms with van der Waals surface area (Å²) in [5, 5.41) is 21.5. The summed E-state index contributed by atoms with van der Waals surface area (Å²) in [5.41, 5.74) is -0.896. The molecule has 0 amide bonds. The molecule has 5 N–H and O–H groups in total. The van der Waals surface area contributed by atoms with Crippen LogP contribution in [0.2, 0.25) is 0 Å². The Labute approximate surface area is 213 Å². The first-order valence-corrected chi connectivity index (χ1v) is 14.8. The highest BCUT2D eigenvalue weighted by Crippen LogP contribution is 2.38. The molecule has 0 fully saturated rings. The van der Waals surface area contributed by atoms with Gasteiger partial charge in [0.2, 0.25) is 0 Å². The van der Waals surface area contributed by atoms with Crippen LogP contribution in [0, 0.1) is 11.3 Å². The van der Waals surface area contributed by atoms with Crippen molar-refractivity contribution in [3.05, 3.63) is 0 Å². The number of hydrogen-bond acceptors (Lipinski definition) is 3. The van der Waals surface area contributed by atoms with E-state index in [9.17, 15) is 15.0 Å². The largest absolute Gasteiger partial charge is 0.550 e. The summed E-state index contributed by atoms with van der Waals surface area (Å²) in [6.45, 7) is 6.26. The number of hydrogen-bond donors (Lipinski definition) is 2. The predicted molar refractivity (Wildman–Crippen MR) is 147 cm³/mol. The van der Waals surface area contributed by atoms with Crippen molar-refractivity contribution in [1.82, 2.24) is 6.15 Å². The van der Waals surface area contributed by atoms with Gasteiger partial charge >= 0.3 is 0 Å². The van der Waals surface area contributed by atoms with Crippen molar-refractivity contribution in [3.63, 3.8) is 0 Å². The molecule has 4 heteroatoms. The summed E-state index contributed by atoms with van der Waals surface area (Å²) in [7, 11) is 0. The first-order valence-electron chi connectivity index (χ1n) is 14.8. The van der Waals surface area contributed by atoms with E-state index in [0.29, 0.717) is 6.42 Å². The van der Waals surface area contributed by atoms with Crippen LogP contribution >= 0.6 is 0 Å². The van der Waals surface area contributed by atoms with E-state index < -0.39 is 11.4 Å². The third-order valence-corrected chi connectivity index (χ3v) is 7.81. The van der Waals surface area contributed by atoms with Crippen LogP contribution in [0.5, 0.6) is 0 Å². The van der Waals surface area contributed by atoms with Crippen molar-refractivity contribution < 1.29 is 15.0 Å². The second-order valence-electron chi connectivity index (χ2n) is 10.8. The Morgan fingerprint density at radius 1 is 0.647 bits per heavy atom. The highest BCUT2D eigenvalue weighted by Gasteiger charge is 2.34. The Bertz CT molecular complexity index is 405. The first kappa shape index (κ1) is 35.6. The number of aliphatic hydroxyl groups is 1. The molecule has 0 spiro atoms. The zero-order valence-electron chi connectivity index (χ0n) is 23.8. The van der Waals surface area contributed by atoms with Gasteiger partial charge in [0, 0.05) is 18.0 Å². The SMILES string of the molecule is CCCCCCCCCCCCC(CCCCCCCCCCCC)C(C)(CCO)C(=O)[O-].[NH4+]. The summed E-state index contributed by atoms with van der Waals surface area (Å²) in [4.78, 5) is 12.0. The van der Waals surface area contributed by atoms with Gasteiger partial charge in [-0.25, -0.2) is 0 Å². The van der Waals surface area contributed by atoms with Crippen LogP contribution in [-0.2, 0) is 4.79 Å². The second-order valence-corrected chi connectivity index (χ2v) is 10.8. The number of carboxylic acid groups (broad SMARTS) is 1. The van der Waals surface area contributed by atoms with Crippen LogP contribution in [0.25, 0.3) is 0 Å². The molecule has 0 aromatic heterocycles. The highest BCUT2D eigenvalue weighted by atomic mass is 16.4. The van der Waals surface area contributed by atoms with Gasteiger partial charge in [-0.1, -0.05) is 149 Å². The molecule has 0 heterocycles. The molecule has 0 aromatic carbocycles. The molecular weight excluding hydrogens is 422 g/mol. The standard InChI is InChI=1S/C30H60O3.H3N/c1-4-6-8-10-12-14-16-18-20-22-24-28(30(3,26-27-31)29(32)33)25-23-21-19-17-15-13-11-9-7-5-2;/h28,31H,4-27H2,1-3H3,(H,32,33);1H3. The van der Waals surface area contributed by atoms with Gasteiger partial charge < -0.3 is 21.2 Å². The van der Waals surface area contributed by atoms with Gasteiger partial charge in [0.15, 0.2) is 0 Å². The van der Waals surface area contributed by atoms with Gasteiger partial charge in [0.05, 0.1) is 0 Å². The number of carbonyl (C=O) groups is 1. The molecule has 1 unspecified atom stereocenters. The molecule has 0 aliphatic heterocycles. The minimum absolute atomic E-state index is 0. The highest BCUT2D eigenvalue weighted by molar-refractivity contribution is 5.72. The smallest absolute Gasteiger partial charge is 0.0477 e. The maximum atomic E-state index is 12.0. The average molecular weight is 486 g/mol. The van der Waals surface area contributed by atoms with E-state index in [1.165, 1.54) is 116 Å². The molecule has 0 aliphatic carbocycles. The maximum Gasteiger partial charge on any atom is 0.0477 e. The number of carboxylic acids is 1. The van der Waals surface area contributed by atoms with Crippen LogP contribution < -0.4 is 11.3 Å². The Hall–Kier alpha value is -0.610. The van der Waals surface area contributed by atoms with E-state index in [0.717, 1.165) is 25.7 Å². The number of carbonyl (C=O) groups excluding carboxylic acids is 1. The summed E-state index contributed by atoms with van der Waals surface area (Å²) in [6.07, 6.45) is 28.2. The fraction of sp³-hybridized carbons (Fsp3) is 0.967. The van der Waals surface area contributed by atoms with Crippen molar-refractivity contribution in [1.29, 1.82) is 0 Å². The van der Waals surface area contributed by atoms with Crippen molar-refractivity contribution >= 4 is 5.97 Å². The molecule has 4 nitrogen and oxygen atoms in total. The van der Waals surface area contributed by atoms with Crippen LogP contribution in [0.15, 0.2) is 0 Å². The van der Waals surface area contributed by atoms with Gasteiger partial charge in [-0.2, -0.15) is 0 Å². The van der Waals surface area contributed by atoms with Gasteiger partial charge in [0.1, 0.15) is 0 Å². The lowest BCUT2D eigenvalue weighted by atomic mass is 9.70. The lowest BCUT2D eigenvalue weighted by Gasteiger charge is -2.39. The molecule has 0 bridgehead atoms. The normalized spacial score (nSPS) is 13.1. The topological polar surface area (TPSA) is 96.9 Å². The monoisotopic (exact) mass is 485 g/mol. The zero-order valence-corrected chi connectivity index (χ0v) is 23.8. The summed E-state index contributed by atoms with van der Waals surface area (Å²) < 4.78 is 0. The van der Waals surface area contributed by atoms with Crippen LogP contribution in [0.3, 0.4) is 0 Å². The number of rotatable bonds is 26. The lowest BCUT2D eigenvalue weighted by Crippen LogP contribution is -2.46. The summed E-state index contributed by atoms with van der Waals surface area (Å²) in [6, 6.07) is 0. The molecule has 0 saturated carbocycles. The molecular formula is C30H63NO3.